The lowest BCUT2D eigenvalue weighted by atomic mass is 10.4. The quantitative estimate of drug-likeness (QED) is 0.518. The van der Waals surface area contributed by atoms with Crippen molar-refractivity contribution in [3.8, 4) is 0 Å². The first-order valence-corrected chi connectivity index (χ1v) is 4.72. The lowest BCUT2D eigenvalue weighted by molar-refractivity contribution is 0.0701. The first-order chi connectivity index (χ1) is 6.95. The Kier molecular flexibility index (Phi) is 3.08. The van der Waals surface area contributed by atoms with Crippen LogP contribution < -0.4 is 0 Å². The minimum atomic E-state index is 0.749. The van der Waals surface area contributed by atoms with E-state index < -0.39 is 0 Å². The van der Waals surface area contributed by atoms with Gasteiger partial charge in [0.05, 0.1) is 19.6 Å². The molecular weight excluding hydrogens is 178 g/mol. The number of rotatable bonds is 2. The lowest BCUT2D eigenvalue weighted by Gasteiger charge is -2.23. The summed E-state index contributed by atoms with van der Waals surface area (Å²) in [4.78, 5) is 10.5. The van der Waals surface area contributed by atoms with Gasteiger partial charge in [0.25, 0.3) is 0 Å². The number of hydrogen-bond donors (Lipinski definition) is 0. The van der Waals surface area contributed by atoms with Crippen LogP contribution in [0.3, 0.4) is 0 Å². The van der Waals surface area contributed by atoms with Crippen molar-refractivity contribution >= 4 is 12.2 Å². The Morgan fingerprint density at radius 3 is 2.93 bits per heavy atom. The molecule has 0 spiro atoms. The molecule has 1 fully saturated rings. The van der Waals surface area contributed by atoms with Crippen LogP contribution in [-0.2, 0) is 4.74 Å². The van der Waals surface area contributed by atoms with Crippen LogP contribution in [0.5, 0.6) is 0 Å². The fourth-order valence-electron chi connectivity index (χ4n) is 1.26. The van der Waals surface area contributed by atoms with E-state index in [1.807, 2.05) is 24.5 Å². The molecule has 1 aromatic heterocycles. The van der Waals surface area contributed by atoms with E-state index in [-0.39, 0.29) is 0 Å². The van der Waals surface area contributed by atoms with Crippen molar-refractivity contribution in [2.24, 2.45) is 4.99 Å². The highest BCUT2D eigenvalue weighted by Crippen LogP contribution is 2.04. The van der Waals surface area contributed by atoms with E-state index in [1.54, 1.807) is 6.20 Å². The molecule has 2 rings (SSSR count). The number of hydrogen-bond acceptors (Lipinski definition) is 3. The maximum absolute atomic E-state index is 5.23. The monoisotopic (exact) mass is 191 g/mol. The first kappa shape index (κ1) is 9.15. The predicted molar refractivity (Wildman–Crippen MR) is 54.8 cm³/mol. The zero-order valence-electron chi connectivity index (χ0n) is 7.97. The highest BCUT2D eigenvalue weighted by atomic mass is 16.5. The molecular formula is C10H13N3O. The molecule has 74 valence electrons. The van der Waals surface area contributed by atoms with Crippen LogP contribution in [0.2, 0.25) is 0 Å². The van der Waals surface area contributed by atoms with Crippen LogP contribution in [0.15, 0.2) is 29.4 Å². The van der Waals surface area contributed by atoms with Gasteiger partial charge in [0.2, 0.25) is 0 Å². The first-order valence-electron chi connectivity index (χ1n) is 4.72. The molecule has 0 atom stereocenters. The zero-order chi connectivity index (χ0) is 9.64. The van der Waals surface area contributed by atoms with Gasteiger partial charge in [0.1, 0.15) is 0 Å². The van der Waals surface area contributed by atoms with Gasteiger partial charge in [-0.2, -0.15) is 0 Å². The molecule has 0 bridgehead atoms. The molecule has 0 aliphatic carbocycles. The van der Waals surface area contributed by atoms with Crippen LogP contribution in [0.1, 0.15) is 0 Å². The van der Waals surface area contributed by atoms with Crippen LogP contribution in [-0.4, -0.2) is 42.5 Å². The van der Waals surface area contributed by atoms with Gasteiger partial charge in [-0.3, -0.25) is 0 Å². The average Bonchev–Trinajstić information content (AvgIpc) is 2.29. The highest BCUT2D eigenvalue weighted by molar-refractivity contribution is 5.59. The van der Waals surface area contributed by atoms with E-state index in [1.165, 1.54) is 0 Å². The van der Waals surface area contributed by atoms with E-state index in [2.05, 4.69) is 14.9 Å². The van der Waals surface area contributed by atoms with E-state index in [9.17, 15) is 0 Å². The molecule has 1 saturated heterocycles. The largest absolute Gasteiger partial charge is 0.378 e. The highest BCUT2D eigenvalue weighted by Gasteiger charge is 2.05. The molecule has 4 heteroatoms. The number of ether oxygens (including phenoxy) is 1. The van der Waals surface area contributed by atoms with Crippen molar-refractivity contribution in [3.05, 3.63) is 24.4 Å². The number of pyridine rings is 1. The van der Waals surface area contributed by atoms with Gasteiger partial charge in [0, 0.05) is 19.3 Å². The van der Waals surface area contributed by atoms with Gasteiger partial charge in [0.15, 0.2) is 5.82 Å². The smallest absolute Gasteiger partial charge is 0.153 e. The van der Waals surface area contributed by atoms with Gasteiger partial charge in [-0.05, 0) is 12.1 Å². The summed E-state index contributed by atoms with van der Waals surface area (Å²) in [5, 5.41) is 0. The molecule has 14 heavy (non-hydrogen) atoms. The third-order valence-corrected chi connectivity index (χ3v) is 2.05. The molecule has 1 aliphatic heterocycles. The van der Waals surface area contributed by atoms with Crippen LogP contribution in [0.25, 0.3) is 0 Å². The van der Waals surface area contributed by atoms with Crippen LogP contribution >= 0.6 is 0 Å². The zero-order valence-corrected chi connectivity index (χ0v) is 7.97. The van der Waals surface area contributed by atoms with Crippen molar-refractivity contribution in [2.45, 2.75) is 0 Å². The predicted octanol–water partition coefficient (Wildman–Crippen LogP) is 1.07. The Hall–Kier alpha value is -1.42. The summed E-state index contributed by atoms with van der Waals surface area (Å²) in [7, 11) is 0. The van der Waals surface area contributed by atoms with Crippen LogP contribution in [0, 0.1) is 0 Å². The molecule has 0 unspecified atom stereocenters. The molecule has 1 aliphatic rings. The van der Waals surface area contributed by atoms with Crippen molar-refractivity contribution in [1.82, 2.24) is 9.88 Å². The van der Waals surface area contributed by atoms with E-state index in [0.717, 1.165) is 32.1 Å². The van der Waals surface area contributed by atoms with Crippen molar-refractivity contribution in [1.29, 1.82) is 0 Å². The second kappa shape index (κ2) is 4.72. The second-order valence-corrected chi connectivity index (χ2v) is 3.08. The normalized spacial score (nSPS) is 17.6. The van der Waals surface area contributed by atoms with E-state index >= 15 is 0 Å². The maximum Gasteiger partial charge on any atom is 0.153 e. The summed E-state index contributed by atoms with van der Waals surface area (Å²) in [6.45, 7) is 3.40. The summed E-state index contributed by atoms with van der Waals surface area (Å²) >= 11 is 0. The SMILES string of the molecule is C(=N\c1ccccn1)/N1CCOCC1. The molecule has 1 aromatic rings. The Morgan fingerprint density at radius 1 is 1.36 bits per heavy atom. The molecule has 2 heterocycles. The molecule has 0 saturated carbocycles. The minimum absolute atomic E-state index is 0.749. The second-order valence-electron chi connectivity index (χ2n) is 3.08. The van der Waals surface area contributed by atoms with E-state index in [4.69, 9.17) is 4.74 Å². The summed E-state index contributed by atoms with van der Waals surface area (Å²) in [6.07, 6.45) is 3.58. The van der Waals surface area contributed by atoms with Gasteiger partial charge in [-0.15, -0.1) is 0 Å². The van der Waals surface area contributed by atoms with Crippen molar-refractivity contribution in [2.75, 3.05) is 26.3 Å². The summed E-state index contributed by atoms with van der Waals surface area (Å²) in [5.74, 6) is 0.749. The van der Waals surface area contributed by atoms with Gasteiger partial charge in [-0.1, -0.05) is 6.07 Å². The Balaban J connectivity index is 1.93. The molecule has 0 amide bonds. The fourth-order valence-corrected chi connectivity index (χ4v) is 1.26. The van der Waals surface area contributed by atoms with Crippen molar-refractivity contribution < 1.29 is 4.74 Å². The fraction of sp³-hybridized carbons (Fsp3) is 0.400. The minimum Gasteiger partial charge on any atom is -0.378 e. The van der Waals surface area contributed by atoms with Crippen molar-refractivity contribution in [3.63, 3.8) is 0 Å². The molecule has 0 radical (unpaired) electrons. The number of aliphatic imine (C=N–C) groups is 1. The van der Waals surface area contributed by atoms with Crippen LogP contribution in [0.4, 0.5) is 5.82 Å². The third-order valence-electron chi connectivity index (χ3n) is 2.05. The van der Waals surface area contributed by atoms with Gasteiger partial charge < -0.3 is 9.64 Å². The van der Waals surface area contributed by atoms with E-state index in [0.29, 0.717) is 0 Å². The standard InChI is InChI=1S/C10H13N3O/c1-2-4-11-10(3-1)12-9-13-5-7-14-8-6-13/h1-4,9H,5-8H2/b12-9+. The Labute approximate surface area is 83.2 Å². The molecule has 4 nitrogen and oxygen atoms in total. The summed E-state index contributed by atoms with van der Waals surface area (Å²) < 4.78 is 5.23. The van der Waals surface area contributed by atoms with Gasteiger partial charge in [-0.25, -0.2) is 9.98 Å². The number of aromatic nitrogens is 1. The van der Waals surface area contributed by atoms with Gasteiger partial charge >= 0.3 is 0 Å². The molecule has 0 aromatic carbocycles. The topological polar surface area (TPSA) is 37.7 Å². The summed E-state index contributed by atoms with van der Waals surface area (Å²) in [6, 6.07) is 5.70. The Bertz CT molecular complexity index is 293. The third kappa shape index (κ3) is 2.53. The number of morpholine rings is 1. The molecule has 0 N–H and O–H groups in total. The number of nitrogens with zero attached hydrogens (tertiary/aromatic N) is 3. The summed E-state index contributed by atoms with van der Waals surface area (Å²) in [5.41, 5.74) is 0. The average molecular weight is 191 g/mol. The Morgan fingerprint density at radius 2 is 2.21 bits per heavy atom. The maximum atomic E-state index is 5.23. The lowest BCUT2D eigenvalue weighted by Crippen LogP contribution is -2.35.